The molecule has 1 aliphatic heterocycles. The number of hydrogen-bond acceptors (Lipinski definition) is 7. The van der Waals surface area contributed by atoms with Crippen molar-refractivity contribution < 1.29 is 26.3 Å². The van der Waals surface area contributed by atoms with E-state index < -0.39 is 20.0 Å². The molecule has 2 aromatic rings. The Morgan fingerprint density at radius 2 is 1.26 bits per heavy atom. The van der Waals surface area contributed by atoms with E-state index in [1.165, 1.54) is 42.8 Å². The number of rotatable bonds is 9. The van der Waals surface area contributed by atoms with Crippen molar-refractivity contribution in [2.45, 2.75) is 9.79 Å². The van der Waals surface area contributed by atoms with Gasteiger partial charge in [-0.1, -0.05) is 0 Å². The normalized spacial score (nSPS) is 16.2. The quantitative estimate of drug-likeness (QED) is 0.584. The number of sulfonamides is 2. The van der Waals surface area contributed by atoms with Crippen LogP contribution in [0.5, 0.6) is 11.5 Å². The second kappa shape index (κ2) is 9.96. The predicted molar refractivity (Wildman–Crippen MR) is 116 cm³/mol. The standard InChI is InChI=1S/C20H27N3O6S2/c1-28-17-3-7-19(8-4-17)30(24,25)21-11-12-22-13-15-23(16-14-22)31(26,27)20-9-5-18(29-2)6-10-20/h3-10,21H,11-16H2,1-2H3. The van der Waals surface area contributed by atoms with Crippen LogP contribution in [-0.2, 0) is 20.0 Å². The Labute approximate surface area is 183 Å². The molecule has 3 rings (SSSR count). The SMILES string of the molecule is COc1ccc(S(=O)(=O)NCCN2CCN(S(=O)(=O)c3ccc(OC)cc3)CC2)cc1. The van der Waals surface area contributed by atoms with Gasteiger partial charge in [0.25, 0.3) is 0 Å². The molecule has 170 valence electrons. The molecule has 0 atom stereocenters. The summed E-state index contributed by atoms with van der Waals surface area (Å²) in [5, 5.41) is 0. The van der Waals surface area contributed by atoms with Crippen LogP contribution in [0.25, 0.3) is 0 Å². The maximum atomic E-state index is 12.8. The van der Waals surface area contributed by atoms with Crippen molar-refractivity contribution in [3.8, 4) is 11.5 Å². The summed E-state index contributed by atoms with van der Waals surface area (Å²) in [4.78, 5) is 2.44. The van der Waals surface area contributed by atoms with Crippen LogP contribution in [-0.4, -0.2) is 79.5 Å². The van der Waals surface area contributed by atoms with Gasteiger partial charge in [0, 0.05) is 39.3 Å². The maximum absolute atomic E-state index is 12.8. The Hall–Kier alpha value is -2.18. The second-order valence-electron chi connectivity index (χ2n) is 6.99. The third-order valence-electron chi connectivity index (χ3n) is 5.12. The zero-order valence-electron chi connectivity index (χ0n) is 17.5. The number of hydrogen-bond donors (Lipinski definition) is 1. The van der Waals surface area contributed by atoms with E-state index in [1.54, 1.807) is 24.3 Å². The molecule has 1 saturated heterocycles. The molecule has 9 nitrogen and oxygen atoms in total. The van der Waals surface area contributed by atoms with Gasteiger partial charge in [0.1, 0.15) is 11.5 Å². The number of piperazine rings is 1. The van der Waals surface area contributed by atoms with E-state index >= 15 is 0 Å². The molecular weight excluding hydrogens is 442 g/mol. The Morgan fingerprint density at radius 3 is 1.74 bits per heavy atom. The highest BCUT2D eigenvalue weighted by Crippen LogP contribution is 2.20. The topological polar surface area (TPSA) is 105 Å². The Morgan fingerprint density at radius 1 is 0.774 bits per heavy atom. The average Bonchev–Trinajstić information content (AvgIpc) is 2.79. The minimum Gasteiger partial charge on any atom is -0.497 e. The highest BCUT2D eigenvalue weighted by atomic mass is 32.2. The van der Waals surface area contributed by atoms with Crippen LogP contribution < -0.4 is 14.2 Å². The largest absolute Gasteiger partial charge is 0.497 e. The summed E-state index contributed by atoms with van der Waals surface area (Å²) >= 11 is 0. The van der Waals surface area contributed by atoms with Crippen molar-refractivity contribution in [2.24, 2.45) is 0 Å². The molecule has 11 heteroatoms. The van der Waals surface area contributed by atoms with E-state index in [0.29, 0.717) is 44.2 Å². The van der Waals surface area contributed by atoms with Crippen molar-refractivity contribution >= 4 is 20.0 Å². The molecule has 0 spiro atoms. The fourth-order valence-electron chi connectivity index (χ4n) is 3.27. The molecule has 31 heavy (non-hydrogen) atoms. The van der Waals surface area contributed by atoms with Crippen LogP contribution in [0.15, 0.2) is 58.3 Å². The Bertz CT molecular complexity index is 1060. The molecule has 0 amide bonds. The highest BCUT2D eigenvalue weighted by Gasteiger charge is 2.28. The lowest BCUT2D eigenvalue weighted by atomic mass is 10.3. The van der Waals surface area contributed by atoms with E-state index in [-0.39, 0.29) is 16.3 Å². The van der Waals surface area contributed by atoms with E-state index in [0.717, 1.165) is 0 Å². The first kappa shape index (κ1) is 23.5. The van der Waals surface area contributed by atoms with Crippen LogP contribution in [0, 0.1) is 0 Å². The Balaban J connectivity index is 1.49. The lowest BCUT2D eigenvalue weighted by Gasteiger charge is -2.33. The number of methoxy groups -OCH3 is 2. The van der Waals surface area contributed by atoms with Crippen molar-refractivity contribution in [2.75, 3.05) is 53.5 Å². The number of nitrogens with one attached hydrogen (secondary N) is 1. The van der Waals surface area contributed by atoms with Gasteiger partial charge in [0.05, 0.1) is 24.0 Å². The van der Waals surface area contributed by atoms with Crippen molar-refractivity contribution in [1.82, 2.24) is 13.9 Å². The van der Waals surface area contributed by atoms with E-state index in [1.807, 2.05) is 4.90 Å². The molecule has 0 aromatic heterocycles. The predicted octanol–water partition coefficient (Wildman–Crippen LogP) is 0.989. The van der Waals surface area contributed by atoms with Crippen molar-refractivity contribution in [3.05, 3.63) is 48.5 Å². The average molecular weight is 470 g/mol. The van der Waals surface area contributed by atoms with Crippen molar-refractivity contribution in [3.63, 3.8) is 0 Å². The molecule has 0 unspecified atom stereocenters. The summed E-state index contributed by atoms with van der Waals surface area (Å²) in [6, 6.07) is 12.5. The van der Waals surface area contributed by atoms with Gasteiger partial charge in [-0.25, -0.2) is 21.6 Å². The monoisotopic (exact) mass is 469 g/mol. The summed E-state index contributed by atoms with van der Waals surface area (Å²) in [6.45, 7) is 2.48. The molecule has 0 bridgehead atoms. The lowest BCUT2D eigenvalue weighted by Crippen LogP contribution is -2.50. The number of nitrogens with zero attached hydrogens (tertiary/aromatic N) is 2. The van der Waals surface area contributed by atoms with E-state index in [9.17, 15) is 16.8 Å². The molecule has 2 aromatic carbocycles. The molecule has 1 N–H and O–H groups in total. The van der Waals surface area contributed by atoms with E-state index in [4.69, 9.17) is 9.47 Å². The number of benzene rings is 2. The van der Waals surface area contributed by atoms with Gasteiger partial charge < -0.3 is 9.47 Å². The minimum atomic E-state index is -3.61. The zero-order valence-corrected chi connectivity index (χ0v) is 19.2. The minimum absolute atomic E-state index is 0.170. The zero-order chi connectivity index (χ0) is 22.5. The van der Waals surface area contributed by atoms with Crippen LogP contribution in [0.2, 0.25) is 0 Å². The van der Waals surface area contributed by atoms with Gasteiger partial charge in [-0.05, 0) is 48.5 Å². The van der Waals surface area contributed by atoms with Gasteiger partial charge in [0.15, 0.2) is 0 Å². The summed E-state index contributed by atoms with van der Waals surface area (Å²) in [5.41, 5.74) is 0. The van der Waals surface area contributed by atoms with Crippen LogP contribution in [0.3, 0.4) is 0 Å². The molecule has 0 radical (unpaired) electrons. The second-order valence-corrected chi connectivity index (χ2v) is 10.7. The number of ether oxygens (including phenoxy) is 2. The molecular formula is C20H27N3O6S2. The van der Waals surface area contributed by atoms with Gasteiger partial charge in [-0.2, -0.15) is 4.31 Å². The summed E-state index contributed by atoms with van der Waals surface area (Å²) in [7, 11) is -4.13. The van der Waals surface area contributed by atoms with E-state index in [2.05, 4.69) is 4.72 Å². The molecule has 0 aliphatic carbocycles. The van der Waals surface area contributed by atoms with Gasteiger partial charge >= 0.3 is 0 Å². The van der Waals surface area contributed by atoms with Crippen LogP contribution in [0.1, 0.15) is 0 Å². The molecule has 1 fully saturated rings. The van der Waals surface area contributed by atoms with Gasteiger partial charge in [-0.3, -0.25) is 4.90 Å². The molecule has 1 aliphatic rings. The molecule has 0 saturated carbocycles. The third-order valence-corrected chi connectivity index (χ3v) is 8.51. The fraction of sp³-hybridized carbons (Fsp3) is 0.400. The maximum Gasteiger partial charge on any atom is 0.243 e. The summed E-state index contributed by atoms with van der Waals surface area (Å²) in [5.74, 6) is 1.18. The van der Waals surface area contributed by atoms with Gasteiger partial charge in [-0.15, -0.1) is 0 Å². The first-order valence-corrected chi connectivity index (χ1v) is 12.7. The van der Waals surface area contributed by atoms with Crippen LogP contribution >= 0.6 is 0 Å². The fourth-order valence-corrected chi connectivity index (χ4v) is 5.71. The summed E-state index contributed by atoms with van der Waals surface area (Å²) in [6.07, 6.45) is 0. The third kappa shape index (κ3) is 5.74. The van der Waals surface area contributed by atoms with Crippen molar-refractivity contribution in [1.29, 1.82) is 0 Å². The lowest BCUT2D eigenvalue weighted by molar-refractivity contribution is 0.191. The highest BCUT2D eigenvalue weighted by molar-refractivity contribution is 7.89. The molecule has 1 heterocycles. The van der Waals surface area contributed by atoms with Gasteiger partial charge in [0.2, 0.25) is 20.0 Å². The summed E-state index contributed by atoms with van der Waals surface area (Å²) < 4.78 is 64.5. The first-order valence-electron chi connectivity index (χ1n) is 9.76. The Kier molecular flexibility index (Phi) is 7.55. The van der Waals surface area contributed by atoms with Crippen LogP contribution in [0.4, 0.5) is 0 Å². The smallest absolute Gasteiger partial charge is 0.243 e. The first-order chi connectivity index (χ1) is 14.8.